The van der Waals surface area contributed by atoms with Crippen molar-refractivity contribution in [2.75, 3.05) is 6.61 Å². The standard InChI is InChI=1S/C28H40O4Si/c1-19(2)26(33(6,7)8)12-10-9-11-24-16-22(5)28-25(32-28)17-23(18-29)15-21(4)20(3)13-14-27(30)31-24/h9,11-12,17,24-25,28-29H,1,3-5,10,13-16,18H2,2,6-8H3/b11-9+,23-17+,26-12-/t24-,25-,28-/m1/s1. The van der Waals surface area contributed by atoms with E-state index in [0.29, 0.717) is 19.3 Å². The molecule has 1 N–H and O–H groups in total. The van der Waals surface area contributed by atoms with Crippen molar-refractivity contribution in [1.29, 1.82) is 0 Å². The maximum absolute atomic E-state index is 12.5. The van der Waals surface area contributed by atoms with Gasteiger partial charge in [0.1, 0.15) is 18.3 Å². The molecule has 1 fully saturated rings. The molecule has 0 aliphatic carbocycles. The van der Waals surface area contributed by atoms with Gasteiger partial charge in [-0.2, -0.15) is 0 Å². The first-order chi connectivity index (χ1) is 15.4. The van der Waals surface area contributed by atoms with Crippen molar-refractivity contribution in [2.45, 2.75) is 77.0 Å². The number of allylic oxidation sites excluding steroid dienone is 6. The summed E-state index contributed by atoms with van der Waals surface area (Å²) in [6, 6.07) is 0. The van der Waals surface area contributed by atoms with Crippen molar-refractivity contribution < 1.29 is 19.4 Å². The van der Waals surface area contributed by atoms with Gasteiger partial charge >= 0.3 is 5.97 Å². The predicted octanol–water partition coefficient (Wildman–Crippen LogP) is 6.15. The smallest absolute Gasteiger partial charge is 0.306 e. The number of fused-ring (bicyclic) bond motifs is 1. The average Bonchev–Trinajstić information content (AvgIpc) is 3.48. The van der Waals surface area contributed by atoms with Crippen molar-refractivity contribution in [3.05, 3.63) is 83.7 Å². The Kier molecular flexibility index (Phi) is 9.65. The fraction of sp³-hybridized carbons (Fsp3) is 0.464. The lowest BCUT2D eigenvalue weighted by atomic mass is 9.96. The summed E-state index contributed by atoms with van der Waals surface area (Å²) in [5.74, 6) is -0.269. The van der Waals surface area contributed by atoms with Crippen molar-refractivity contribution in [2.24, 2.45) is 0 Å². The normalized spacial score (nSPS) is 27.5. The molecule has 180 valence electrons. The summed E-state index contributed by atoms with van der Waals surface area (Å²) in [4.78, 5) is 12.5. The minimum Gasteiger partial charge on any atom is -0.458 e. The lowest BCUT2D eigenvalue weighted by molar-refractivity contribution is -0.146. The summed E-state index contributed by atoms with van der Waals surface area (Å²) in [6.45, 7) is 25.4. The fourth-order valence-corrected chi connectivity index (χ4v) is 6.11. The van der Waals surface area contributed by atoms with Crippen LogP contribution < -0.4 is 0 Å². The van der Waals surface area contributed by atoms with Gasteiger partial charge in [-0.05, 0) is 49.0 Å². The van der Waals surface area contributed by atoms with Gasteiger partial charge in [-0.25, -0.2) is 0 Å². The van der Waals surface area contributed by atoms with E-state index < -0.39 is 14.2 Å². The summed E-state index contributed by atoms with van der Waals surface area (Å²) in [6.07, 6.45) is 10.1. The zero-order valence-electron chi connectivity index (χ0n) is 20.8. The Balaban J connectivity index is 2.17. The zero-order valence-corrected chi connectivity index (χ0v) is 21.8. The summed E-state index contributed by atoms with van der Waals surface area (Å²) < 4.78 is 11.6. The third-order valence-electron chi connectivity index (χ3n) is 5.93. The predicted molar refractivity (Wildman–Crippen MR) is 140 cm³/mol. The number of aliphatic hydroxyl groups excluding tert-OH is 1. The number of ether oxygens (including phenoxy) is 2. The number of hydrogen-bond donors (Lipinski definition) is 1. The minimum atomic E-state index is -1.46. The van der Waals surface area contributed by atoms with E-state index >= 15 is 0 Å². The van der Waals surface area contributed by atoms with Crippen LogP contribution in [-0.4, -0.2) is 44.1 Å². The van der Waals surface area contributed by atoms with Crippen LogP contribution in [0.25, 0.3) is 0 Å². The van der Waals surface area contributed by atoms with E-state index in [-0.39, 0.29) is 31.2 Å². The Labute approximate surface area is 200 Å². The van der Waals surface area contributed by atoms with Gasteiger partial charge in [0.05, 0.1) is 14.7 Å². The molecule has 0 bridgehead atoms. The molecule has 0 saturated carbocycles. The quantitative estimate of drug-likeness (QED) is 0.167. The van der Waals surface area contributed by atoms with E-state index in [4.69, 9.17) is 9.47 Å². The van der Waals surface area contributed by atoms with Crippen molar-refractivity contribution in [3.63, 3.8) is 0 Å². The lowest BCUT2D eigenvalue weighted by Gasteiger charge is -2.21. The molecule has 0 spiro atoms. The molecule has 0 unspecified atom stereocenters. The van der Waals surface area contributed by atoms with Gasteiger partial charge in [-0.15, -0.1) is 0 Å². The van der Waals surface area contributed by atoms with Crippen LogP contribution in [0.2, 0.25) is 19.6 Å². The van der Waals surface area contributed by atoms with Gasteiger partial charge in [0, 0.05) is 12.8 Å². The minimum absolute atomic E-state index is 0.0597. The van der Waals surface area contributed by atoms with E-state index in [1.165, 1.54) is 5.20 Å². The highest BCUT2D eigenvalue weighted by Gasteiger charge is 2.40. The Hall–Kier alpha value is -2.21. The molecule has 1 saturated heterocycles. The first-order valence-electron chi connectivity index (χ1n) is 11.6. The zero-order chi connectivity index (χ0) is 24.8. The highest BCUT2D eigenvalue weighted by atomic mass is 28.3. The molecule has 2 aliphatic rings. The Morgan fingerprint density at radius 3 is 2.52 bits per heavy atom. The monoisotopic (exact) mass is 468 g/mol. The van der Waals surface area contributed by atoms with Gasteiger partial charge in [-0.3, -0.25) is 4.79 Å². The largest absolute Gasteiger partial charge is 0.458 e. The number of aliphatic hydroxyl groups is 1. The highest BCUT2D eigenvalue weighted by molar-refractivity contribution is 6.84. The average molecular weight is 469 g/mol. The van der Waals surface area contributed by atoms with Gasteiger partial charge in [0.25, 0.3) is 0 Å². The number of epoxide rings is 1. The molecular weight excluding hydrogens is 428 g/mol. The molecule has 3 atom stereocenters. The molecule has 2 aliphatic heterocycles. The van der Waals surface area contributed by atoms with Crippen LogP contribution in [0.15, 0.2) is 83.7 Å². The SMILES string of the molecule is C=C1CCC(=O)O[C@H](/C=C/C/C=C(/C(=C)C)[Si](C)(C)C)CC(=C)[C@H]2O[C@@H]2/C=C(/CO)CC1=C. The third kappa shape index (κ3) is 8.58. The Morgan fingerprint density at radius 2 is 1.91 bits per heavy atom. The summed E-state index contributed by atoms with van der Waals surface area (Å²) in [5.41, 5.74) is 4.47. The fourth-order valence-electron chi connectivity index (χ4n) is 4.10. The van der Waals surface area contributed by atoms with Crippen LogP contribution in [-0.2, 0) is 14.3 Å². The van der Waals surface area contributed by atoms with Crippen LogP contribution >= 0.6 is 0 Å². The lowest BCUT2D eigenvalue weighted by Crippen LogP contribution is -2.24. The maximum Gasteiger partial charge on any atom is 0.306 e. The van der Waals surface area contributed by atoms with Crippen LogP contribution in [0.3, 0.4) is 0 Å². The number of hydrogen-bond acceptors (Lipinski definition) is 4. The van der Waals surface area contributed by atoms with E-state index in [2.05, 4.69) is 59.0 Å². The summed E-state index contributed by atoms with van der Waals surface area (Å²) in [7, 11) is -1.46. The number of carbonyl (C=O) groups excluding carboxylic acids is 1. The second-order valence-electron chi connectivity index (χ2n) is 10.1. The molecule has 2 rings (SSSR count). The number of esters is 1. The molecule has 0 aromatic heterocycles. The van der Waals surface area contributed by atoms with E-state index in [1.54, 1.807) is 0 Å². The molecule has 4 nitrogen and oxygen atoms in total. The van der Waals surface area contributed by atoms with Crippen LogP contribution in [0.5, 0.6) is 0 Å². The molecule has 0 aromatic rings. The van der Waals surface area contributed by atoms with Gasteiger partial charge in [0.15, 0.2) is 0 Å². The third-order valence-corrected chi connectivity index (χ3v) is 8.17. The second-order valence-corrected chi connectivity index (χ2v) is 15.1. The summed E-state index contributed by atoms with van der Waals surface area (Å²) >= 11 is 0. The van der Waals surface area contributed by atoms with Gasteiger partial charge < -0.3 is 14.6 Å². The van der Waals surface area contributed by atoms with Gasteiger partial charge in [0.2, 0.25) is 0 Å². The van der Waals surface area contributed by atoms with E-state index in [9.17, 15) is 9.90 Å². The van der Waals surface area contributed by atoms with Crippen molar-refractivity contribution in [1.82, 2.24) is 0 Å². The van der Waals surface area contributed by atoms with Crippen LogP contribution in [0.1, 0.15) is 39.0 Å². The maximum atomic E-state index is 12.5. The van der Waals surface area contributed by atoms with Gasteiger partial charge in [-0.1, -0.05) is 80.5 Å². The highest BCUT2D eigenvalue weighted by Crippen LogP contribution is 2.34. The molecule has 33 heavy (non-hydrogen) atoms. The Bertz CT molecular complexity index is 897. The second kappa shape index (κ2) is 11.8. The molecule has 0 amide bonds. The molecule has 2 heterocycles. The van der Waals surface area contributed by atoms with Crippen molar-refractivity contribution in [3.8, 4) is 0 Å². The van der Waals surface area contributed by atoms with Crippen LogP contribution in [0.4, 0.5) is 0 Å². The molecular formula is C28H40O4Si. The first kappa shape index (κ1) is 27.0. The van der Waals surface area contributed by atoms with E-state index in [1.807, 2.05) is 18.2 Å². The first-order valence-corrected chi connectivity index (χ1v) is 15.1. The topological polar surface area (TPSA) is 59.1 Å². The van der Waals surface area contributed by atoms with Crippen molar-refractivity contribution >= 4 is 14.0 Å². The molecule has 0 radical (unpaired) electrons. The van der Waals surface area contributed by atoms with E-state index in [0.717, 1.165) is 34.3 Å². The number of rotatable bonds is 6. The van der Waals surface area contributed by atoms with Crippen LogP contribution in [0, 0.1) is 0 Å². The number of cyclic esters (lactones) is 1. The molecule has 5 heteroatoms. The Morgan fingerprint density at radius 1 is 1.21 bits per heavy atom. The summed E-state index contributed by atoms with van der Waals surface area (Å²) in [5, 5.41) is 11.1. The molecule has 0 aromatic carbocycles. The number of carbonyl (C=O) groups is 1.